The van der Waals surface area contributed by atoms with Crippen LogP contribution in [0.2, 0.25) is 0 Å². The Balaban J connectivity index is 2.38. The second-order valence-electron chi connectivity index (χ2n) is 4.23. The van der Waals surface area contributed by atoms with Crippen molar-refractivity contribution in [3.63, 3.8) is 0 Å². The Morgan fingerprint density at radius 1 is 1.26 bits per heavy atom. The molecule has 0 fully saturated rings. The molecule has 5 heteroatoms. The van der Waals surface area contributed by atoms with E-state index in [4.69, 9.17) is 10.6 Å². The van der Waals surface area contributed by atoms with Crippen molar-refractivity contribution >= 4 is 17.6 Å². The molecule has 0 saturated heterocycles. The summed E-state index contributed by atoms with van der Waals surface area (Å²) in [4.78, 5) is 6.04. The lowest BCUT2D eigenvalue weighted by molar-refractivity contribution is 0.234. The summed E-state index contributed by atoms with van der Waals surface area (Å²) in [5.41, 5.74) is 4.87. The molecule has 1 heterocycles. The quantitative estimate of drug-likeness (QED) is 0.456. The SMILES string of the molecule is Cc1ccc(C)c(Sc2cnccc2C(=N)NO)c1. The van der Waals surface area contributed by atoms with Crippen LogP contribution in [0, 0.1) is 19.3 Å². The number of aryl methyl sites for hydroxylation is 2. The lowest BCUT2D eigenvalue weighted by Crippen LogP contribution is -2.19. The topological polar surface area (TPSA) is 69.0 Å². The van der Waals surface area contributed by atoms with Gasteiger partial charge in [0, 0.05) is 27.7 Å². The van der Waals surface area contributed by atoms with Crippen molar-refractivity contribution in [1.82, 2.24) is 10.5 Å². The number of hydrogen-bond donors (Lipinski definition) is 3. The van der Waals surface area contributed by atoms with Gasteiger partial charge < -0.3 is 0 Å². The van der Waals surface area contributed by atoms with Crippen molar-refractivity contribution < 1.29 is 5.21 Å². The van der Waals surface area contributed by atoms with E-state index in [1.165, 1.54) is 11.1 Å². The van der Waals surface area contributed by atoms with Gasteiger partial charge >= 0.3 is 0 Å². The van der Waals surface area contributed by atoms with E-state index < -0.39 is 0 Å². The lowest BCUT2D eigenvalue weighted by Gasteiger charge is -2.10. The van der Waals surface area contributed by atoms with Gasteiger partial charge in [0.2, 0.25) is 0 Å². The van der Waals surface area contributed by atoms with E-state index >= 15 is 0 Å². The minimum atomic E-state index is -0.0322. The van der Waals surface area contributed by atoms with Crippen LogP contribution in [-0.2, 0) is 0 Å². The fourth-order valence-electron chi connectivity index (χ4n) is 1.66. The van der Waals surface area contributed by atoms with Crippen LogP contribution >= 0.6 is 11.8 Å². The van der Waals surface area contributed by atoms with Crippen LogP contribution in [0.5, 0.6) is 0 Å². The Morgan fingerprint density at radius 3 is 2.79 bits per heavy atom. The molecule has 19 heavy (non-hydrogen) atoms. The fourth-order valence-corrected chi connectivity index (χ4v) is 2.77. The highest BCUT2D eigenvalue weighted by Crippen LogP contribution is 2.32. The van der Waals surface area contributed by atoms with Gasteiger partial charge in [-0.1, -0.05) is 23.9 Å². The molecule has 2 rings (SSSR count). The number of benzene rings is 1. The van der Waals surface area contributed by atoms with Crippen molar-refractivity contribution in [2.75, 3.05) is 0 Å². The first-order valence-electron chi connectivity index (χ1n) is 5.80. The lowest BCUT2D eigenvalue weighted by atomic mass is 10.2. The van der Waals surface area contributed by atoms with Gasteiger partial charge in [-0.25, -0.2) is 0 Å². The van der Waals surface area contributed by atoms with Gasteiger partial charge in [-0.15, -0.1) is 0 Å². The summed E-state index contributed by atoms with van der Waals surface area (Å²) in [7, 11) is 0. The summed E-state index contributed by atoms with van der Waals surface area (Å²) < 4.78 is 0. The number of amidine groups is 1. The zero-order chi connectivity index (χ0) is 13.8. The van der Waals surface area contributed by atoms with Gasteiger partial charge in [0.15, 0.2) is 5.84 Å². The van der Waals surface area contributed by atoms with E-state index in [1.54, 1.807) is 30.2 Å². The van der Waals surface area contributed by atoms with E-state index in [1.807, 2.05) is 19.3 Å². The summed E-state index contributed by atoms with van der Waals surface area (Å²) in [5.74, 6) is -0.0322. The molecule has 98 valence electrons. The highest BCUT2D eigenvalue weighted by molar-refractivity contribution is 7.99. The van der Waals surface area contributed by atoms with Crippen molar-refractivity contribution in [1.29, 1.82) is 5.41 Å². The summed E-state index contributed by atoms with van der Waals surface area (Å²) in [5, 5.41) is 16.6. The average molecular weight is 273 g/mol. The highest BCUT2D eigenvalue weighted by Gasteiger charge is 2.10. The smallest absolute Gasteiger partial charge is 0.150 e. The zero-order valence-electron chi connectivity index (χ0n) is 10.8. The second kappa shape index (κ2) is 5.86. The first kappa shape index (κ1) is 13.6. The molecule has 0 amide bonds. The van der Waals surface area contributed by atoms with E-state index in [0.717, 1.165) is 9.79 Å². The van der Waals surface area contributed by atoms with Gasteiger partial charge in [-0.05, 0) is 37.1 Å². The molecule has 0 unspecified atom stereocenters. The maximum Gasteiger partial charge on any atom is 0.150 e. The van der Waals surface area contributed by atoms with Gasteiger partial charge in [-0.3, -0.25) is 21.1 Å². The standard InChI is InChI=1S/C14H15N3OS/c1-9-3-4-10(2)12(7-9)19-13-8-16-6-5-11(13)14(15)17-18/h3-8,18H,1-2H3,(H2,15,17). The summed E-state index contributed by atoms with van der Waals surface area (Å²) >= 11 is 1.54. The predicted molar refractivity (Wildman–Crippen MR) is 76.0 cm³/mol. The molecule has 3 N–H and O–H groups in total. The molecule has 0 saturated carbocycles. The number of rotatable bonds is 3. The molecular weight excluding hydrogens is 258 g/mol. The minimum absolute atomic E-state index is 0.0322. The summed E-state index contributed by atoms with van der Waals surface area (Å²) in [6.07, 6.45) is 3.31. The maximum atomic E-state index is 8.87. The molecule has 0 aliphatic rings. The number of nitrogens with one attached hydrogen (secondary N) is 2. The first-order valence-corrected chi connectivity index (χ1v) is 6.61. The van der Waals surface area contributed by atoms with Gasteiger partial charge in [-0.2, -0.15) is 0 Å². The average Bonchev–Trinajstić information content (AvgIpc) is 2.42. The van der Waals surface area contributed by atoms with Crippen molar-refractivity contribution in [2.45, 2.75) is 23.6 Å². The van der Waals surface area contributed by atoms with Crippen molar-refractivity contribution in [3.8, 4) is 0 Å². The van der Waals surface area contributed by atoms with Gasteiger partial charge in [0.25, 0.3) is 0 Å². The predicted octanol–water partition coefficient (Wildman–Crippen LogP) is 3.15. The Kier molecular flexibility index (Phi) is 4.19. The van der Waals surface area contributed by atoms with E-state index in [2.05, 4.69) is 23.2 Å². The minimum Gasteiger partial charge on any atom is -0.290 e. The second-order valence-corrected chi connectivity index (χ2v) is 5.31. The summed E-state index contributed by atoms with van der Waals surface area (Å²) in [6, 6.07) is 7.95. The zero-order valence-corrected chi connectivity index (χ0v) is 11.6. The third-order valence-electron chi connectivity index (χ3n) is 2.73. The normalized spacial score (nSPS) is 10.3. The third kappa shape index (κ3) is 3.13. The molecule has 0 atom stereocenters. The molecule has 0 radical (unpaired) electrons. The van der Waals surface area contributed by atoms with Crippen molar-refractivity contribution in [2.24, 2.45) is 0 Å². The largest absolute Gasteiger partial charge is 0.290 e. The van der Waals surface area contributed by atoms with Crippen LogP contribution in [0.25, 0.3) is 0 Å². The number of aromatic nitrogens is 1. The molecule has 0 aliphatic heterocycles. The number of nitrogens with zero attached hydrogens (tertiary/aromatic N) is 1. The number of hydrogen-bond acceptors (Lipinski definition) is 4. The maximum absolute atomic E-state index is 8.87. The number of hydroxylamine groups is 1. The molecule has 4 nitrogen and oxygen atoms in total. The highest BCUT2D eigenvalue weighted by atomic mass is 32.2. The molecule has 2 aromatic rings. The van der Waals surface area contributed by atoms with E-state index in [0.29, 0.717) is 5.56 Å². The fraction of sp³-hybridized carbons (Fsp3) is 0.143. The molecule has 0 spiro atoms. The van der Waals surface area contributed by atoms with Crippen LogP contribution < -0.4 is 5.48 Å². The van der Waals surface area contributed by atoms with Crippen LogP contribution in [0.15, 0.2) is 46.5 Å². The Hall–Kier alpha value is -1.85. The Labute approximate surface area is 116 Å². The molecule has 0 bridgehead atoms. The van der Waals surface area contributed by atoms with E-state index in [-0.39, 0.29) is 5.84 Å². The Morgan fingerprint density at radius 2 is 2.05 bits per heavy atom. The van der Waals surface area contributed by atoms with Gasteiger partial charge in [0.05, 0.1) is 0 Å². The van der Waals surface area contributed by atoms with Crippen LogP contribution in [-0.4, -0.2) is 16.0 Å². The summed E-state index contributed by atoms with van der Waals surface area (Å²) in [6.45, 7) is 4.10. The van der Waals surface area contributed by atoms with Crippen LogP contribution in [0.4, 0.5) is 0 Å². The van der Waals surface area contributed by atoms with Gasteiger partial charge in [0.1, 0.15) is 0 Å². The molecule has 0 aliphatic carbocycles. The van der Waals surface area contributed by atoms with Crippen LogP contribution in [0.3, 0.4) is 0 Å². The molecule has 1 aromatic heterocycles. The van der Waals surface area contributed by atoms with Crippen molar-refractivity contribution in [3.05, 3.63) is 53.3 Å². The van der Waals surface area contributed by atoms with Crippen LogP contribution in [0.1, 0.15) is 16.7 Å². The third-order valence-corrected chi connectivity index (χ3v) is 3.93. The van der Waals surface area contributed by atoms with E-state index in [9.17, 15) is 0 Å². The monoisotopic (exact) mass is 273 g/mol. The molecule has 1 aromatic carbocycles. The molecular formula is C14H15N3OS. The number of pyridine rings is 1. The first-order chi connectivity index (χ1) is 9.11. The Bertz CT molecular complexity index is 613.